The summed E-state index contributed by atoms with van der Waals surface area (Å²) in [6, 6.07) is 8.35. The summed E-state index contributed by atoms with van der Waals surface area (Å²) in [6.45, 7) is -0.708. The average Bonchev–Trinajstić information content (AvgIpc) is 3.07. The van der Waals surface area contributed by atoms with Gasteiger partial charge in [-0.3, -0.25) is 4.79 Å². The zero-order chi connectivity index (χ0) is 19.4. The molecule has 0 spiro atoms. The third-order valence-corrected chi connectivity index (χ3v) is 6.38. The van der Waals surface area contributed by atoms with Crippen molar-refractivity contribution in [2.45, 2.75) is 17.1 Å². The van der Waals surface area contributed by atoms with Crippen LogP contribution in [0.2, 0.25) is 0 Å². The smallest absolute Gasteiger partial charge is 0.405 e. The molecular weight excluding hydrogens is 393 g/mol. The lowest BCUT2D eigenvalue weighted by atomic mass is 10.2. The summed E-state index contributed by atoms with van der Waals surface area (Å²) in [5, 5.41) is 3.98. The van der Waals surface area contributed by atoms with Crippen LogP contribution >= 0.6 is 11.3 Å². The summed E-state index contributed by atoms with van der Waals surface area (Å²) in [4.78, 5) is 12.0. The Kier molecular flexibility index (Phi) is 6.26. The molecule has 0 aliphatic heterocycles. The molecule has 0 unspecified atom stereocenters. The SMILES string of the molecule is CN(CC(=O)NCc1ccccc1OC(F)(F)F)S(=O)(=O)c1cccs1. The standard InChI is InChI=1S/C15H15F3N2O4S2/c1-20(26(22,23)14-7-4-8-25-14)10-13(21)19-9-11-5-2-3-6-12(11)24-15(16,17)18/h2-8H,9-10H2,1H3,(H,19,21). The largest absolute Gasteiger partial charge is 0.573 e. The fourth-order valence-corrected chi connectivity index (χ4v) is 4.30. The van der Waals surface area contributed by atoms with Crippen LogP contribution in [0.1, 0.15) is 5.56 Å². The number of benzene rings is 1. The van der Waals surface area contributed by atoms with E-state index in [1.54, 1.807) is 11.4 Å². The van der Waals surface area contributed by atoms with Crippen LogP contribution in [0.5, 0.6) is 5.75 Å². The van der Waals surface area contributed by atoms with Gasteiger partial charge in [0, 0.05) is 19.2 Å². The van der Waals surface area contributed by atoms with Crippen LogP contribution in [0.25, 0.3) is 0 Å². The number of nitrogens with zero attached hydrogens (tertiary/aromatic N) is 1. The van der Waals surface area contributed by atoms with Crippen molar-refractivity contribution in [3.63, 3.8) is 0 Å². The van der Waals surface area contributed by atoms with E-state index < -0.39 is 34.6 Å². The molecule has 0 saturated carbocycles. The Balaban J connectivity index is 1.97. The lowest BCUT2D eigenvalue weighted by Gasteiger charge is -2.17. The molecule has 26 heavy (non-hydrogen) atoms. The molecule has 0 aliphatic rings. The first kappa shape index (κ1) is 20.2. The summed E-state index contributed by atoms with van der Waals surface area (Å²) >= 11 is 1.02. The van der Waals surface area contributed by atoms with Crippen LogP contribution in [0.15, 0.2) is 46.0 Å². The number of para-hydroxylation sites is 1. The number of thiophene rings is 1. The van der Waals surface area contributed by atoms with Gasteiger partial charge in [-0.15, -0.1) is 24.5 Å². The molecule has 0 fully saturated rings. The number of hydrogen-bond donors (Lipinski definition) is 1. The topological polar surface area (TPSA) is 75.7 Å². The minimum Gasteiger partial charge on any atom is -0.405 e. The third kappa shape index (κ3) is 5.44. The summed E-state index contributed by atoms with van der Waals surface area (Å²) in [7, 11) is -2.54. The van der Waals surface area contributed by atoms with E-state index in [1.807, 2.05) is 0 Å². The number of halogens is 3. The molecule has 2 aromatic rings. The van der Waals surface area contributed by atoms with E-state index in [9.17, 15) is 26.4 Å². The van der Waals surface area contributed by atoms with Crippen molar-refractivity contribution < 1.29 is 31.1 Å². The van der Waals surface area contributed by atoms with Crippen LogP contribution in [0.3, 0.4) is 0 Å². The molecule has 0 bridgehead atoms. The average molecular weight is 408 g/mol. The number of nitrogens with one attached hydrogen (secondary N) is 1. The van der Waals surface area contributed by atoms with Crippen molar-refractivity contribution in [1.29, 1.82) is 0 Å². The van der Waals surface area contributed by atoms with E-state index >= 15 is 0 Å². The molecule has 2 rings (SSSR count). The van der Waals surface area contributed by atoms with E-state index in [4.69, 9.17) is 0 Å². The second-order valence-corrected chi connectivity index (χ2v) is 8.34. The minimum atomic E-state index is -4.85. The Morgan fingerprint density at radius 2 is 1.92 bits per heavy atom. The lowest BCUT2D eigenvalue weighted by Crippen LogP contribution is -2.37. The van der Waals surface area contributed by atoms with Crippen molar-refractivity contribution in [1.82, 2.24) is 9.62 Å². The third-order valence-electron chi connectivity index (χ3n) is 3.20. The summed E-state index contributed by atoms with van der Waals surface area (Å²) in [5.74, 6) is -1.09. The Labute approximate surface area is 152 Å². The molecule has 0 saturated heterocycles. The molecule has 1 aromatic heterocycles. The van der Waals surface area contributed by atoms with Crippen molar-refractivity contribution in [2.24, 2.45) is 0 Å². The Morgan fingerprint density at radius 1 is 1.23 bits per heavy atom. The minimum absolute atomic E-state index is 0.0942. The van der Waals surface area contributed by atoms with Crippen molar-refractivity contribution in [2.75, 3.05) is 13.6 Å². The fourth-order valence-electron chi connectivity index (χ4n) is 1.97. The highest BCUT2D eigenvalue weighted by atomic mass is 32.2. The van der Waals surface area contributed by atoms with Gasteiger partial charge in [-0.05, 0) is 17.5 Å². The normalized spacial score (nSPS) is 12.2. The van der Waals surface area contributed by atoms with Crippen molar-refractivity contribution in [3.8, 4) is 5.75 Å². The van der Waals surface area contributed by atoms with E-state index in [2.05, 4.69) is 10.1 Å². The molecule has 0 atom stereocenters. The summed E-state index contributed by atoms with van der Waals surface area (Å²) in [6.07, 6.45) is -4.85. The zero-order valence-corrected chi connectivity index (χ0v) is 15.1. The maximum Gasteiger partial charge on any atom is 0.573 e. The number of carbonyl (C=O) groups excluding carboxylic acids is 1. The van der Waals surface area contributed by atoms with Gasteiger partial charge in [-0.25, -0.2) is 8.42 Å². The molecule has 1 heterocycles. The van der Waals surface area contributed by atoms with Gasteiger partial charge >= 0.3 is 6.36 Å². The van der Waals surface area contributed by atoms with Gasteiger partial charge in [-0.1, -0.05) is 24.3 Å². The molecule has 0 aliphatic carbocycles. The van der Waals surface area contributed by atoms with Crippen LogP contribution in [0, 0.1) is 0 Å². The second-order valence-electron chi connectivity index (χ2n) is 5.13. The Morgan fingerprint density at radius 3 is 2.54 bits per heavy atom. The van der Waals surface area contributed by atoms with Gasteiger partial charge in [-0.2, -0.15) is 4.31 Å². The highest BCUT2D eigenvalue weighted by Crippen LogP contribution is 2.26. The second kappa shape index (κ2) is 8.06. The molecule has 6 nitrogen and oxygen atoms in total. The van der Waals surface area contributed by atoms with E-state index in [0.717, 1.165) is 21.7 Å². The van der Waals surface area contributed by atoms with Gasteiger partial charge < -0.3 is 10.1 Å². The number of sulfonamides is 1. The number of hydrogen-bond acceptors (Lipinski definition) is 5. The number of amides is 1. The van der Waals surface area contributed by atoms with Crippen molar-refractivity contribution in [3.05, 3.63) is 47.3 Å². The lowest BCUT2D eigenvalue weighted by molar-refractivity contribution is -0.274. The zero-order valence-electron chi connectivity index (χ0n) is 13.5. The first-order chi connectivity index (χ1) is 12.1. The van der Waals surface area contributed by atoms with Crippen LogP contribution in [0.4, 0.5) is 13.2 Å². The van der Waals surface area contributed by atoms with Crippen molar-refractivity contribution >= 4 is 27.3 Å². The van der Waals surface area contributed by atoms with Crippen LogP contribution < -0.4 is 10.1 Å². The summed E-state index contributed by atoms with van der Waals surface area (Å²) in [5.41, 5.74) is 0.113. The van der Waals surface area contributed by atoms with E-state index in [1.165, 1.54) is 31.3 Å². The number of rotatable bonds is 7. The van der Waals surface area contributed by atoms with Gasteiger partial charge in [0.2, 0.25) is 5.91 Å². The van der Waals surface area contributed by atoms with Crippen LogP contribution in [-0.4, -0.2) is 38.6 Å². The highest BCUT2D eigenvalue weighted by Gasteiger charge is 2.32. The number of carbonyl (C=O) groups is 1. The molecule has 142 valence electrons. The van der Waals surface area contributed by atoms with Crippen LogP contribution in [-0.2, 0) is 21.4 Å². The maximum absolute atomic E-state index is 12.4. The number of likely N-dealkylation sites (N-methyl/N-ethyl adjacent to an activating group) is 1. The molecule has 1 aromatic carbocycles. The predicted octanol–water partition coefficient (Wildman–Crippen LogP) is 2.58. The highest BCUT2D eigenvalue weighted by molar-refractivity contribution is 7.91. The monoisotopic (exact) mass is 408 g/mol. The fraction of sp³-hybridized carbons (Fsp3) is 0.267. The predicted molar refractivity (Wildman–Crippen MR) is 89.1 cm³/mol. The molecular formula is C15H15F3N2O4S2. The van der Waals surface area contributed by atoms with E-state index in [-0.39, 0.29) is 16.3 Å². The number of ether oxygens (including phenoxy) is 1. The van der Waals surface area contributed by atoms with E-state index in [0.29, 0.717) is 0 Å². The Bertz CT molecular complexity index is 852. The molecule has 1 N–H and O–H groups in total. The quantitative estimate of drug-likeness (QED) is 0.764. The maximum atomic E-state index is 12.4. The molecule has 11 heteroatoms. The first-order valence-corrected chi connectivity index (χ1v) is 9.52. The van der Waals surface area contributed by atoms with Gasteiger partial charge in [0.15, 0.2) is 0 Å². The summed E-state index contributed by atoms with van der Waals surface area (Å²) < 4.78 is 66.4. The number of alkyl halides is 3. The Hall–Kier alpha value is -2.11. The van der Waals surface area contributed by atoms with Gasteiger partial charge in [0.05, 0.1) is 6.54 Å². The molecule has 1 amide bonds. The first-order valence-electron chi connectivity index (χ1n) is 7.20. The molecule has 0 radical (unpaired) electrons. The van der Waals surface area contributed by atoms with Gasteiger partial charge in [0.1, 0.15) is 9.96 Å². The van der Waals surface area contributed by atoms with Gasteiger partial charge in [0.25, 0.3) is 10.0 Å².